The Bertz CT molecular complexity index is 734. The summed E-state index contributed by atoms with van der Waals surface area (Å²) < 4.78 is 0. The van der Waals surface area contributed by atoms with Gasteiger partial charge in [0.25, 0.3) is 0 Å². The molecule has 170 valence electrons. The van der Waals surface area contributed by atoms with Crippen LogP contribution in [-0.2, 0) is 21.0 Å². The summed E-state index contributed by atoms with van der Waals surface area (Å²) in [6, 6.07) is 8.99. The predicted octanol–water partition coefficient (Wildman–Crippen LogP) is 2.85. The van der Waals surface area contributed by atoms with E-state index in [0.29, 0.717) is 13.2 Å². The van der Waals surface area contributed by atoms with Gasteiger partial charge < -0.3 is 20.4 Å². The minimum Gasteiger partial charge on any atom is -0.391 e. The number of nitrogens with one attached hydrogen (secondary N) is 2. The normalized spacial score (nSPS) is 21.7. The Kier molecular flexibility index (Phi) is 8.88. The number of hydrogen-bond acceptors (Lipinski definition) is 5. The highest BCUT2D eigenvalue weighted by Crippen LogP contribution is 2.29. The fourth-order valence-corrected chi connectivity index (χ4v) is 4.46. The van der Waals surface area contributed by atoms with E-state index in [0.717, 1.165) is 44.1 Å². The largest absolute Gasteiger partial charge is 0.391 e. The Balaban J connectivity index is 1.63. The summed E-state index contributed by atoms with van der Waals surface area (Å²) in [7, 11) is 1.75. The molecular formula is C24H36N4O3. The average Bonchev–Trinajstić information content (AvgIpc) is 3.29. The molecule has 31 heavy (non-hydrogen) atoms. The first-order chi connectivity index (χ1) is 15.1. The summed E-state index contributed by atoms with van der Waals surface area (Å²) >= 11 is 0. The molecule has 3 rings (SSSR count). The third kappa shape index (κ3) is 6.53. The third-order valence-corrected chi connectivity index (χ3v) is 6.48. The van der Waals surface area contributed by atoms with Gasteiger partial charge in [0, 0.05) is 6.54 Å². The van der Waals surface area contributed by atoms with Crippen LogP contribution >= 0.6 is 0 Å². The maximum absolute atomic E-state index is 13.5. The van der Waals surface area contributed by atoms with Gasteiger partial charge in [-0.05, 0) is 51.1 Å². The standard InChI is InChI=1S/C24H36N4O3/c1-18(25-2)23(29)27-22(20-12-7-4-8-13-20)24(30)28-15-9-14-21(28)16-26-31-17-19-10-5-3-6-11-19/h3,5-6,10-11,16,18,20-22,25H,4,7-9,12-15,17H2,1-2H3,(H,27,29)/t18-,21?,22-/m0/s1. The van der Waals surface area contributed by atoms with Gasteiger partial charge >= 0.3 is 0 Å². The molecule has 0 bridgehead atoms. The molecule has 1 heterocycles. The lowest BCUT2D eigenvalue weighted by Crippen LogP contribution is -2.56. The van der Waals surface area contributed by atoms with Crippen molar-refractivity contribution in [3.8, 4) is 0 Å². The molecule has 1 unspecified atom stereocenters. The highest BCUT2D eigenvalue weighted by molar-refractivity contribution is 5.91. The van der Waals surface area contributed by atoms with Crippen LogP contribution in [0.5, 0.6) is 0 Å². The lowest BCUT2D eigenvalue weighted by atomic mass is 9.83. The monoisotopic (exact) mass is 428 g/mol. The molecule has 0 spiro atoms. The average molecular weight is 429 g/mol. The van der Waals surface area contributed by atoms with Crippen LogP contribution < -0.4 is 10.6 Å². The minimum atomic E-state index is -0.470. The molecule has 2 N–H and O–H groups in total. The van der Waals surface area contributed by atoms with E-state index in [1.807, 2.05) is 42.2 Å². The third-order valence-electron chi connectivity index (χ3n) is 6.48. The first-order valence-corrected chi connectivity index (χ1v) is 11.6. The number of amides is 2. The van der Waals surface area contributed by atoms with E-state index in [-0.39, 0.29) is 29.8 Å². The van der Waals surface area contributed by atoms with Crippen LogP contribution in [0.4, 0.5) is 0 Å². The Morgan fingerprint density at radius 1 is 1.16 bits per heavy atom. The number of carbonyl (C=O) groups excluding carboxylic acids is 2. The number of benzene rings is 1. The maximum Gasteiger partial charge on any atom is 0.245 e. The SMILES string of the molecule is CN[C@@H](C)C(=O)N[C@H](C(=O)N1CCCC1C=NOCc1ccccc1)C1CCCCC1. The van der Waals surface area contributed by atoms with E-state index >= 15 is 0 Å². The zero-order valence-electron chi connectivity index (χ0n) is 18.8. The summed E-state index contributed by atoms with van der Waals surface area (Å²) in [4.78, 5) is 33.5. The first kappa shape index (κ1) is 23.3. The molecule has 1 aromatic carbocycles. The van der Waals surface area contributed by atoms with Gasteiger partial charge in [0.05, 0.1) is 18.3 Å². The van der Waals surface area contributed by atoms with E-state index < -0.39 is 6.04 Å². The molecule has 1 saturated carbocycles. The summed E-state index contributed by atoms with van der Waals surface area (Å²) in [5, 5.41) is 10.2. The summed E-state index contributed by atoms with van der Waals surface area (Å²) in [5.74, 6) is 0.0874. The Labute approximate surface area is 185 Å². The number of carbonyl (C=O) groups is 2. The van der Waals surface area contributed by atoms with Crippen LogP contribution in [0.2, 0.25) is 0 Å². The molecule has 3 atom stereocenters. The van der Waals surface area contributed by atoms with Gasteiger partial charge in [-0.2, -0.15) is 0 Å². The molecule has 1 saturated heterocycles. The van der Waals surface area contributed by atoms with Crippen molar-refractivity contribution in [3.63, 3.8) is 0 Å². The van der Waals surface area contributed by atoms with Gasteiger partial charge in [-0.25, -0.2) is 0 Å². The van der Waals surface area contributed by atoms with Gasteiger partial charge in [-0.1, -0.05) is 54.8 Å². The van der Waals surface area contributed by atoms with Crippen LogP contribution in [0.3, 0.4) is 0 Å². The van der Waals surface area contributed by atoms with Gasteiger partial charge in [0.2, 0.25) is 11.8 Å². The summed E-state index contributed by atoms with van der Waals surface area (Å²) in [6.07, 6.45) is 8.93. The number of likely N-dealkylation sites (tertiary alicyclic amines) is 1. The Morgan fingerprint density at radius 2 is 1.90 bits per heavy atom. The molecular weight excluding hydrogens is 392 g/mol. The number of oxime groups is 1. The van der Waals surface area contributed by atoms with Gasteiger partial charge in [-0.15, -0.1) is 0 Å². The van der Waals surface area contributed by atoms with Crippen molar-refractivity contribution in [1.82, 2.24) is 15.5 Å². The zero-order valence-corrected chi connectivity index (χ0v) is 18.8. The van der Waals surface area contributed by atoms with Crippen molar-refractivity contribution < 1.29 is 14.4 Å². The molecule has 0 aromatic heterocycles. The van der Waals surface area contributed by atoms with Crippen molar-refractivity contribution in [1.29, 1.82) is 0 Å². The molecule has 2 aliphatic rings. The maximum atomic E-state index is 13.5. The van der Waals surface area contributed by atoms with Crippen molar-refractivity contribution in [2.45, 2.75) is 76.6 Å². The number of nitrogens with zero attached hydrogens (tertiary/aromatic N) is 2. The van der Waals surface area contributed by atoms with E-state index in [1.54, 1.807) is 13.3 Å². The summed E-state index contributed by atoms with van der Waals surface area (Å²) in [6.45, 7) is 2.91. The number of likely N-dealkylation sites (N-methyl/N-ethyl adjacent to an activating group) is 1. The fourth-order valence-electron chi connectivity index (χ4n) is 4.46. The lowest BCUT2D eigenvalue weighted by molar-refractivity contribution is -0.138. The molecule has 2 fully saturated rings. The fraction of sp³-hybridized carbons (Fsp3) is 0.625. The Hall–Kier alpha value is -2.41. The van der Waals surface area contributed by atoms with Crippen molar-refractivity contribution in [2.24, 2.45) is 11.1 Å². The number of rotatable bonds is 9. The predicted molar refractivity (Wildman–Crippen MR) is 121 cm³/mol. The first-order valence-electron chi connectivity index (χ1n) is 11.6. The van der Waals surface area contributed by atoms with Gasteiger partial charge in [0.1, 0.15) is 12.6 Å². The van der Waals surface area contributed by atoms with E-state index in [9.17, 15) is 9.59 Å². The molecule has 0 radical (unpaired) electrons. The van der Waals surface area contributed by atoms with E-state index in [1.165, 1.54) is 6.42 Å². The van der Waals surface area contributed by atoms with Crippen molar-refractivity contribution in [2.75, 3.05) is 13.6 Å². The van der Waals surface area contributed by atoms with Gasteiger partial charge in [0.15, 0.2) is 0 Å². The summed E-state index contributed by atoms with van der Waals surface area (Å²) in [5.41, 5.74) is 1.05. The van der Waals surface area contributed by atoms with Crippen LogP contribution in [0, 0.1) is 5.92 Å². The van der Waals surface area contributed by atoms with E-state index in [4.69, 9.17) is 4.84 Å². The van der Waals surface area contributed by atoms with Crippen LogP contribution in [0.15, 0.2) is 35.5 Å². The minimum absolute atomic E-state index is 0.0144. The molecule has 1 aromatic rings. The highest BCUT2D eigenvalue weighted by Gasteiger charge is 2.38. The topological polar surface area (TPSA) is 83.0 Å². The van der Waals surface area contributed by atoms with Crippen LogP contribution in [-0.4, -0.2) is 54.6 Å². The molecule has 7 heteroatoms. The molecule has 7 nitrogen and oxygen atoms in total. The highest BCUT2D eigenvalue weighted by atomic mass is 16.6. The second-order valence-electron chi connectivity index (χ2n) is 8.65. The molecule has 1 aliphatic carbocycles. The second-order valence-corrected chi connectivity index (χ2v) is 8.65. The smallest absolute Gasteiger partial charge is 0.245 e. The zero-order chi connectivity index (χ0) is 22.1. The number of hydrogen-bond donors (Lipinski definition) is 2. The molecule has 1 aliphatic heterocycles. The Morgan fingerprint density at radius 3 is 2.61 bits per heavy atom. The van der Waals surface area contributed by atoms with E-state index in [2.05, 4.69) is 15.8 Å². The van der Waals surface area contributed by atoms with Crippen molar-refractivity contribution in [3.05, 3.63) is 35.9 Å². The van der Waals surface area contributed by atoms with Crippen molar-refractivity contribution >= 4 is 18.0 Å². The quantitative estimate of drug-likeness (QED) is 0.468. The van der Waals surface area contributed by atoms with Gasteiger partial charge in [-0.3, -0.25) is 9.59 Å². The van der Waals surface area contributed by atoms with Crippen LogP contribution in [0.25, 0.3) is 0 Å². The van der Waals surface area contributed by atoms with Crippen LogP contribution in [0.1, 0.15) is 57.4 Å². The second kappa shape index (κ2) is 11.8. The molecule has 2 amide bonds. The lowest BCUT2D eigenvalue weighted by Gasteiger charge is -2.34.